The molecule has 0 bridgehead atoms. The van der Waals surface area contributed by atoms with Crippen LogP contribution in [0.4, 0.5) is 5.82 Å². The summed E-state index contributed by atoms with van der Waals surface area (Å²) in [5.41, 5.74) is 2.95. The van der Waals surface area contributed by atoms with Gasteiger partial charge >= 0.3 is 0 Å². The lowest BCUT2D eigenvalue weighted by Crippen LogP contribution is -2.38. The molecule has 2 rings (SSSR count). The van der Waals surface area contributed by atoms with Crippen LogP contribution < -0.4 is 11.3 Å². The van der Waals surface area contributed by atoms with Crippen molar-refractivity contribution in [1.82, 2.24) is 9.88 Å². The van der Waals surface area contributed by atoms with Crippen molar-refractivity contribution in [2.24, 2.45) is 5.84 Å². The van der Waals surface area contributed by atoms with Crippen LogP contribution in [0.25, 0.3) is 0 Å². The first-order valence-electron chi connectivity index (χ1n) is 6.61. The fraction of sp³-hybridized carbons (Fsp3) is 0.538. The van der Waals surface area contributed by atoms with Crippen molar-refractivity contribution in [3.63, 3.8) is 0 Å². The van der Waals surface area contributed by atoms with Crippen LogP contribution in [0, 0.1) is 0 Å². The third-order valence-corrected chi connectivity index (χ3v) is 3.75. The lowest BCUT2D eigenvalue weighted by atomic mass is 10.1. The average Bonchev–Trinajstić information content (AvgIpc) is 2.92. The fourth-order valence-corrected chi connectivity index (χ4v) is 2.85. The predicted molar refractivity (Wildman–Crippen MR) is 76.0 cm³/mol. The number of aromatic nitrogens is 1. The normalized spacial score (nSPS) is 15.5. The Balaban J connectivity index is 2.23. The molecule has 5 nitrogen and oxygen atoms in total. The Hall–Kier alpha value is -1.33. The molecule has 6 heteroatoms. The van der Waals surface area contributed by atoms with Crippen LogP contribution in [0.2, 0.25) is 5.15 Å². The number of nitrogens with one attached hydrogen (secondary N) is 1. The Bertz CT molecular complexity index is 460. The summed E-state index contributed by atoms with van der Waals surface area (Å²) >= 11 is 5.90. The molecule has 1 aliphatic carbocycles. The van der Waals surface area contributed by atoms with Gasteiger partial charge in [0, 0.05) is 18.2 Å². The fourth-order valence-electron chi connectivity index (χ4n) is 2.64. The molecule has 0 spiro atoms. The third kappa shape index (κ3) is 3.16. The SMILES string of the molecule is CCN(C(=O)c1cc(Cl)nc(NN)c1)C1CCCC1. The second-order valence-corrected chi connectivity index (χ2v) is 5.12. The number of amides is 1. The minimum Gasteiger partial charge on any atom is -0.336 e. The Kier molecular flexibility index (Phi) is 4.61. The molecule has 1 aromatic heterocycles. The van der Waals surface area contributed by atoms with E-state index in [0.29, 0.717) is 24.0 Å². The molecule has 19 heavy (non-hydrogen) atoms. The van der Waals surface area contributed by atoms with E-state index in [1.54, 1.807) is 12.1 Å². The van der Waals surface area contributed by atoms with E-state index in [1.807, 2.05) is 11.8 Å². The lowest BCUT2D eigenvalue weighted by molar-refractivity contribution is 0.0693. The minimum atomic E-state index is -0.00444. The van der Waals surface area contributed by atoms with E-state index >= 15 is 0 Å². The standard InChI is InChI=1S/C13H19ClN4O/c1-2-18(10-5-3-4-6-10)13(19)9-7-11(14)16-12(8-9)17-15/h7-8,10H,2-6,15H2,1H3,(H,16,17). The van der Waals surface area contributed by atoms with Gasteiger partial charge in [-0.3, -0.25) is 4.79 Å². The summed E-state index contributed by atoms with van der Waals surface area (Å²) in [6.07, 6.45) is 4.56. The smallest absolute Gasteiger partial charge is 0.254 e. The van der Waals surface area contributed by atoms with Gasteiger partial charge in [-0.2, -0.15) is 0 Å². The van der Waals surface area contributed by atoms with Crippen LogP contribution in [0.3, 0.4) is 0 Å². The van der Waals surface area contributed by atoms with E-state index in [1.165, 1.54) is 12.8 Å². The molecule has 1 heterocycles. The molecule has 0 aromatic carbocycles. The maximum atomic E-state index is 12.6. The first-order valence-corrected chi connectivity index (χ1v) is 6.98. The van der Waals surface area contributed by atoms with Gasteiger partial charge in [0.05, 0.1) is 0 Å². The first-order chi connectivity index (χ1) is 9.15. The highest BCUT2D eigenvalue weighted by molar-refractivity contribution is 6.29. The summed E-state index contributed by atoms with van der Waals surface area (Å²) in [5, 5.41) is 0.265. The number of hydrogen-bond acceptors (Lipinski definition) is 4. The summed E-state index contributed by atoms with van der Waals surface area (Å²) in [5.74, 6) is 5.72. The maximum absolute atomic E-state index is 12.6. The second-order valence-electron chi connectivity index (χ2n) is 4.74. The lowest BCUT2D eigenvalue weighted by Gasteiger charge is -2.27. The van der Waals surface area contributed by atoms with Gasteiger partial charge in [0.1, 0.15) is 11.0 Å². The zero-order valence-electron chi connectivity index (χ0n) is 11.0. The molecular weight excluding hydrogens is 264 g/mol. The van der Waals surface area contributed by atoms with Crippen molar-refractivity contribution in [3.8, 4) is 0 Å². The number of carbonyl (C=O) groups excluding carboxylic acids is 1. The summed E-state index contributed by atoms with van der Waals surface area (Å²) in [7, 11) is 0. The molecule has 0 saturated heterocycles. The number of rotatable bonds is 4. The van der Waals surface area contributed by atoms with E-state index in [0.717, 1.165) is 12.8 Å². The number of hydrogen-bond donors (Lipinski definition) is 2. The Morgan fingerprint density at radius 3 is 2.79 bits per heavy atom. The zero-order valence-corrected chi connectivity index (χ0v) is 11.8. The topological polar surface area (TPSA) is 71.2 Å². The van der Waals surface area contributed by atoms with Crippen LogP contribution in [-0.4, -0.2) is 28.4 Å². The molecule has 1 saturated carbocycles. The van der Waals surface area contributed by atoms with Crippen molar-refractivity contribution in [3.05, 3.63) is 22.8 Å². The number of carbonyl (C=O) groups is 1. The maximum Gasteiger partial charge on any atom is 0.254 e. The highest BCUT2D eigenvalue weighted by Crippen LogP contribution is 2.25. The molecule has 0 atom stereocenters. The third-order valence-electron chi connectivity index (χ3n) is 3.56. The van der Waals surface area contributed by atoms with Gasteiger partial charge < -0.3 is 10.3 Å². The van der Waals surface area contributed by atoms with E-state index in [2.05, 4.69) is 10.4 Å². The predicted octanol–water partition coefficient (Wildman–Crippen LogP) is 2.43. The van der Waals surface area contributed by atoms with Gasteiger partial charge in [-0.15, -0.1) is 0 Å². The summed E-state index contributed by atoms with van der Waals surface area (Å²) in [4.78, 5) is 18.4. The van der Waals surface area contributed by atoms with E-state index < -0.39 is 0 Å². The second kappa shape index (κ2) is 6.21. The van der Waals surface area contributed by atoms with E-state index in [9.17, 15) is 4.79 Å². The zero-order chi connectivity index (χ0) is 13.8. The van der Waals surface area contributed by atoms with Crippen molar-refractivity contribution in [1.29, 1.82) is 0 Å². The van der Waals surface area contributed by atoms with Crippen molar-refractivity contribution < 1.29 is 4.79 Å². The molecule has 1 fully saturated rings. The largest absolute Gasteiger partial charge is 0.336 e. The highest BCUT2D eigenvalue weighted by Gasteiger charge is 2.26. The molecule has 0 radical (unpaired) electrons. The van der Waals surface area contributed by atoms with Gasteiger partial charge in [0.25, 0.3) is 5.91 Å². The van der Waals surface area contributed by atoms with Crippen molar-refractivity contribution >= 4 is 23.3 Å². The number of anilines is 1. The van der Waals surface area contributed by atoms with Crippen LogP contribution in [0.5, 0.6) is 0 Å². The van der Waals surface area contributed by atoms with Crippen LogP contribution in [0.1, 0.15) is 43.0 Å². The Labute approximate surface area is 118 Å². The van der Waals surface area contributed by atoms with Gasteiger partial charge in [-0.25, -0.2) is 10.8 Å². The molecule has 1 aliphatic rings. The van der Waals surface area contributed by atoms with Crippen LogP contribution >= 0.6 is 11.6 Å². The molecule has 104 valence electrons. The van der Waals surface area contributed by atoms with E-state index in [-0.39, 0.29) is 11.1 Å². The minimum absolute atomic E-state index is 0.00444. The van der Waals surface area contributed by atoms with Gasteiger partial charge in [-0.1, -0.05) is 24.4 Å². The first kappa shape index (κ1) is 14.1. The van der Waals surface area contributed by atoms with Gasteiger partial charge in [-0.05, 0) is 31.9 Å². The molecule has 0 unspecified atom stereocenters. The van der Waals surface area contributed by atoms with Crippen molar-refractivity contribution in [2.45, 2.75) is 38.6 Å². The molecular formula is C13H19ClN4O. The summed E-state index contributed by atoms with van der Waals surface area (Å²) < 4.78 is 0. The average molecular weight is 283 g/mol. The van der Waals surface area contributed by atoms with E-state index in [4.69, 9.17) is 17.4 Å². The molecule has 1 amide bonds. The highest BCUT2D eigenvalue weighted by atomic mass is 35.5. The monoisotopic (exact) mass is 282 g/mol. The van der Waals surface area contributed by atoms with Gasteiger partial charge in [0.15, 0.2) is 0 Å². The molecule has 0 aliphatic heterocycles. The Morgan fingerprint density at radius 1 is 1.53 bits per heavy atom. The molecule has 1 aromatic rings. The number of pyridine rings is 1. The number of nitrogen functional groups attached to an aromatic ring is 1. The molecule has 3 N–H and O–H groups in total. The van der Waals surface area contributed by atoms with Gasteiger partial charge in [0.2, 0.25) is 0 Å². The van der Waals surface area contributed by atoms with Crippen LogP contribution in [-0.2, 0) is 0 Å². The summed E-state index contributed by atoms with van der Waals surface area (Å²) in [6, 6.07) is 3.56. The summed E-state index contributed by atoms with van der Waals surface area (Å²) in [6.45, 7) is 2.70. The number of halogens is 1. The number of nitrogens with two attached hydrogens (primary N) is 1. The number of hydrazine groups is 1. The quantitative estimate of drug-likeness (QED) is 0.505. The Morgan fingerprint density at radius 2 is 2.21 bits per heavy atom. The van der Waals surface area contributed by atoms with Crippen molar-refractivity contribution in [2.75, 3.05) is 12.0 Å². The van der Waals surface area contributed by atoms with Crippen LogP contribution in [0.15, 0.2) is 12.1 Å². The number of nitrogens with zero attached hydrogens (tertiary/aromatic N) is 2.